The monoisotopic (exact) mass is 296 g/mol. The van der Waals surface area contributed by atoms with Crippen molar-refractivity contribution in [1.82, 2.24) is 0 Å². The molecule has 0 aliphatic rings. The van der Waals surface area contributed by atoms with Crippen molar-refractivity contribution in [2.75, 3.05) is 0 Å². The third-order valence-electron chi connectivity index (χ3n) is 6.02. The first kappa shape index (κ1) is 21.0. The number of hydrogen-bond acceptors (Lipinski definition) is 0. The lowest BCUT2D eigenvalue weighted by atomic mass is 9.73. The molecular formula is C21H44. The Balaban J connectivity index is 4.38. The van der Waals surface area contributed by atoms with E-state index in [1.807, 2.05) is 0 Å². The van der Waals surface area contributed by atoms with Gasteiger partial charge in [0.2, 0.25) is 0 Å². The van der Waals surface area contributed by atoms with Crippen molar-refractivity contribution in [3.63, 3.8) is 0 Å². The SMILES string of the molecule is CC(C)CC(C)C(C)C(C)CC(C)C(C)C(C)CC(C)C. The average molecular weight is 297 g/mol. The van der Waals surface area contributed by atoms with E-state index in [1.165, 1.54) is 19.3 Å². The van der Waals surface area contributed by atoms with Crippen LogP contribution in [0.5, 0.6) is 0 Å². The summed E-state index contributed by atoms with van der Waals surface area (Å²) in [6.45, 7) is 24.2. The molecule has 0 aliphatic carbocycles. The van der Waals surface area contributed by atoms with Crippen molar-refractivity contribution >= 4 is 0 Å². The molecule has 0 spiro atoms. The van der Waals surface area contributed by atoms with Crippen LogP contribution in [-0.2, 0) is 0 Å². The molecule has 0 nitrogen and oxygen atoms in total. The Bertz CT molecular complexity index is 227. The van der Waals surface area contributed by atoms with Crippen molar-refractivity contribution < 1.29 is 0 Å². The highest BCUT2D eigenvalue weighted by Gasteiger charge is 2.25. The molecule has 0 fully saturated rings. The number of rotatable bonds is 10. The molecule has 0 aromatic heterocycles. The van der Waals surface area contributed by atoms with Crippen LogP contribution in [0.3, 0.4) is 0 Å². The molecule has 0 heteroatoms. The van der Waals surface area contributed by atoms with E-state index in [1.54, 1.807) is 0 Å². The second kappa shape index (κ2) is 9.90. The van der Waals surface area contributed by atoms with Crippen LogP contribution in [0.2, 0.25) is 0 Å². The van der Waals surface area contributed by atoms with Gasteiger partial charge >= 0.3 is 0 Å². The zero-order chi connectivity index (χ0) is 16.7. The van der Waals surface area contributed by atoms with Crippen molar-refractivity contribution in [2.24, 2.45) is 47.3 Å². The van der Waals surface area contributed by atoms with Crippen LogP contribution in [0, 0.1) is 47.3 Å². The van der Waals surface area contributed by atoms with Gasteiger partial charge in [-0.3, -0.25) is 0 Å². The summed E-state index contributed by atoms with van der Waals surface area (Å²) in [6.07, 6.45) is 4.14. The first-order valence-electron chi connectivity index (χ1n) is 9.56. The second-order valence-corrected chi connectivity index (χ2v) is 9.12. The average Bonchev–Trinajstić information content (AvgIpc) is 2.34. The van der Waals surface area contributed by atoms with Gasteiger partial charge in [-0.05, 0) is 66.6 Å². The maximum atomic E-state index is 2.48. The molecule has 0 saturated heterocycles. The summed E-state index contributed by atoms with van der Waals surface area (Å²) >= 11 is 0. The fourth-order valence-electron chi connectivity index (χ4n) is 4.05. The molecule has 0 aliphatic heterocycles. The Labute approximate surface area is 136 Å². The summed E-state index contributed by atoms with van der Waals surface area (Å²) in [6, 6.07) is 0. The van der Waals surface area contributed by atoms with Crippen LogP contribution in [0.1, 0.15) is 88.5 Å². The lowest BCUT2D eigenvalue weighted by molar-refractivity contribution is 0.169. The summed E-state index contributed by atoms with van der Waals surface area (Å²) in [5.41, 5.74) is 0. The quantitative estimate of drug-likeness (QED) is 0.397. The van der Waals surface area contributed by atoms with Crippen molar-refractivity contribution in [1.29, 1.82) is 0 Å². The third kappa shape index (κ3) is 8.27. The fourth-order valence-corrected chi connectivity index (χ4v) is 4.05. The lowest BCUT2D eigenvalue weighted by Gasteiger charge is -2.33. The van der Waals surface area contributed by atoms with E-state index in [2.05, 4.69) is 69.2 Å². The minimum atomic E-state index is 0.831. The summed E-state index contributed by atoms with van der Waals surface area (Å²) in [4.78, 5) is 0. The molecule has 0 bridgehead atoms. The highest BCUT2D eigenvalue weighted by Crippen LogP contribution is 2.35. The molecule has 0 radical (unpaired) electrons. The normalized spacial score (nSPS) is 21.1. The fraction of sp³-hybridized carbons (Fsp3) is 1.00. The highest BCUT2D eigenvalue weighted by molar-refractivity contribution is 4.75. The van der Waals surface area contributed by atoms with Gasteiger partial charge in [0, 0.05) is 0 Å². The van der Waals surface area contributed by atoms with E-state index in [4.69, 9.17) is 0 Å². The van der Waals surface area contributed by atoms with Gasteiger partial charge in [0.25, 0.3) is 0 Å². The van der Waals surface area contributed by atoms with E-state index in [-0.39, 0.29) is 0 Å². The minimum Gasteiger partial charge on any atom is -0.0628 e. The molecule has 0 aromatic carbocycles. The summed E-state index contributed by atoms with van der Waals surface area (Å²) in [5, 5.41) is 0. The molecule has 128 valence electrons. The van der Waals surface area contributed by atoms with Gasteiger partial charge in [-0.2, -0.15) is 0 Å². The smallest absolute Gasteiger partial charge is 0.0391 e. The Morgan fingerprint density at radius 1 is 0.381 bits per heavy atom. The predicted molar refractivity (Wildman–Crippen MR) is 98.5 cm³/mol. The van der Waals surface area contributed by atoms with E-state index >= 15 is 0 Å². The van der Waals surface area contributed by atoms with Gasteiger partial charge in [0.15, 0.2) is 0 Å². The van der Waals surface area contributed by atoms with Gasteiger partial charge < -0.3 is 0 Å². The summed E-state index contributed by atoms with van der Waals surface area (Å²) in [5.74, 6) is 6.77. The van der Waals surface area contributed by atoms with Crippen LogP contribution in [-0.4, -0.2) is 0 Å². The standard InChI is InChI=1S/C21H44/c1-14(2)11-16(5)20(9)18(7)13-19(8)21(10)17(6)12-15(3)4/h14-21H,11-13H2,1-10H3. The maximum absolute atomic E-state index is 2.48. The van der Waals surface area contributed by atoms with E-state index in [0.717, 1.165) is 47.3 Å². The third-order valence-corrected chi connectivity index (χ3v) is 6.02. The van der Waals surface area contributed by atoms with Crippen LogP contribution >= 0.6 is 0 Å². The van der Waals surface area contributed by atoms with E-state index in [9.17, 15) is 0 Å². The van der Waals surface area contributed by atoms with Gasteiger partial charge in [0.1, 0.15) is 0 Å². The molecule has 21 heavy (non-hydrogen) atoms. The molecule has 0 heterocycles. The maximum Gasteiger partial charge on any atom is -0.0391 e. The molecule has 0 N–H and O–H groups in total. The van der Waals surface area contributed by atoms with E-state index < -0.39 is 0 Å². The molecular weight excluding hydrogens is 252 g/mol. The second-order valence-electron chi connectivity index (χ2n) is 9.12. The molecule has 6 atom stereocenters. The number of hydrogen-bond donors (Lipinski definition) is 0. The van der Waals surface area contributed by atoms with E-state index in [0.29, 0.717) is 0 Å². The van der Waals surface area contributed by atoms with Gasteiger partial charge in [-0.15, -0.1) is 0 Å². The summed E-state index contributed by atoms with van der Waals surface area (Å²) < 4.78 is 0. The molecule has 0 amide bonds. The topological polar surface area (TPSA) is 0 Å². The lowest BCUT2D eigenvalue weighted by Crippen LogP contribution is -2.24. The van der Waals surface area contributed by atoms with Crippen LogP contribution in [0.15, 0.2) is 0 Å². The summed E-state index contributed by atoms with van der Waals surface area (Å²) in [7, 11) is 0. The first-order chi connectivity index (χ1) is 9.56. The molecule has 6 unspecified atom stereocenters. The molecule has 0 rings (SSSR count). The Morgan fingerprint density at radius 3 is 0.857 bits per heavy atom. The van der Waals surface area contributed by atoms with Crippen molar-refractivity contribution in [3.8, 4) is 0 Å². The van der Waals surface area contributed by atoms with Crippen LogP contribution < -0.4 is 0 Å². The van der Waals surface area contributed by atoms with Crippen molar-refractivity contribution in [3.05, 3.63) is 0 Å². The Morgan fingerprint density at radius 2 is 0.619 bits per heavy atom. The molecule has 0 saturated carbocycles. The Kier molecular flexibility index (Phi) is 9.90. The van der Waals surface area contributed by atoms with Crippen molar-refractivity contribution in [2.45, 2.75) is 88.5 Å². The zero-order valence-electron chi connectivity index (χ0n) is 16.7. The van der Waals surface area contributed by atoms with Crippen LogP contribution in [0.25, 0.3) is 0 Å². The Hall–Kier alpha value is 0. The van der Waals surface area contributed by atoms with Gasteiger partial charge in [-0.1, -0.05) is 69.2 Å². The van der Waals surface area contributed by atoms with Gasteiger partial charge in [0.05, 0.1) is 0 Å². The first-order valence-corrected chi connectivity index (χ1v) is 9.56. The van der Waals surface area contributed by atoms with Gasteiger partial charge in [-0.25, -0.2) is 0 Å². The van der Waals surface area contributed by atoms with Crippen LogP contribution in [0.4, 0.5) is 0 Å². The molecule has 0 aromatic rings. The minimum absolute atomic E-state index is 0.831. The zero-order valence-corrected chi connectivity index (χ0v) is 16.7. The largest absolute Gasteiger partial charge is 0.0628 e. The predicted octanol–water partition coefficient (Wildman–Crippen LogP) is 7.29. The highest BCUT2D eigenvalue weighted by atomic mass is 14.3.